The van der Waals surface area contributed by atoms with Crippen LogP contribution in [0.15, 0.2) is 11.6 Å². The first-order chi connectivity index (χ1) is 5.24. The first kappa shape index (κ1) is 9.27. The molecule has 0 saturated heterocycles. The molecule has 0 amide bonds. The summed E-state index contributed by atoms with van der Waals surface area (Å²) in [6.45, 7) is 6.88. The summed E-state index contributed by atoms with van der Waals surface area (Å²) in [6.07, 6.45) is 3.58. The van der Waals surface area contributed by atoms with Gasteiger partial charge in [-0.2, -0.15) is 0 Å². The zero-order chi connectivity index (χ0) is 8.27. The number of hydrogen-bond donors (Lipinski definition) is 0. The number of alkyl halides is 1. The van der Waals surface area contributed by atoms with Gasteiger partial charge in [0.2, 0.25) is 0 Å². The van der Waals surface area contributed by atoms with Gasteiger partial charge in [-0.3, -0.25) is 4.90 Å². The predicted molar refractivity (Wildman–Crippen MR) is 53.2 cm³/mol. The summed E-state index contributed by atoms with van der Waals surface area (Å²) in [4.78, 5) is 2.49. The molecular weight excluding hydrogens is 202 g/mol. The zero-order valence-electron chi connectivity index (χ0n) is 7.31. The minimum atomic E-state index is 0.697. The average Bonchev–Trinajstić information content (AvgIpc) is 2.05. The fourth-order valence-electron chi connectivity index (χ4n) is 1.32. The molecule has 1 aliphatic heterocycles. The lowest BCUT2D eigenvalue weighted by Crippen LogP contribution is -2.34. The Morgan fingerprint density at radius 2 is 2.36 bits per heavy atom. The molecule has 0 aromatic heterocycles. The molecule has 0 atom stereocenters. The van der Waals surface area contributed by atoms with Gasteiger partial charge in [0.15, 0.2) is 0 Å². The maximum atomic E-state index is 3.48. The highest BCUT2D eigenvalue weighted by molar-refractivity contribution is 9.09. The minimum absolute atomic E-state index is 0.697. The van der Waals surface area contributed by atoms with Gasteiger partial charge in [-0.1, -0.05) is 27.6 Å². The molecule has 0 saturated carbocycles. The van der Waals surface area contributed by atoms with Gasteiger partial charge in [0.1, 0.15) is 0 Å². The van der Waals surface area contributed by atoms with E-state index in [2.05, 4.69) is 40.8 Å². The van der Waals surface area contributed by atoms with Crippen LogP contribution in [0.2, 0.25) is 0 Å². The molecule has 1 rings (SSSR count). The van der Waals surface area contributed by atoms with E-state index >= 15 is 0 Å². The number of halogens is 1. The molecule has 0 spiro atoms. The van der Waals surface area contributed by atoms with Crippen molar-refractivity contribution < 1.29 is 0 Å². The second-order valence-corrected chi connectivity index (χ2v) is 3.90. The van der Waals surface area contributed by atoms with E-state index in [1.807, 2.05) is 0 Å². The molecule has 0 unspecified atom stereocenters. The standard InChI is InChI=1S/C9H16BrN/c1-8(2)11-5-3-9(7-10)4-6-11/h3,8H,4-7H2,1-2H3. The predicted octanol–water partition coefficient (Wildman–Crippen LogP) is 2.42. The van der Waals surface area contributed by atoms with Gasteiger partial charge in [0, 0.05) is 24.5 Å². The van der Waals surface area contributed by atoms with E-state index < -0.39 is 0 Å². The van der Waals surface area contributed by atoms with Crippen LogP contribution in [0.25, 0.3) is 0 Å². The van der Waals surface area contributed by atoms with Crippen LogP contribution in [-0.4, -0.2) is 29.4 Å². The third-order valence-electron chi connectivity index (χ3n) is 2.24. The van der Waals surface area contributed by atoms with Crippen molar-refractivity contribution in [3.05, 3.63) is 11.6 Å². The summed E-state index contributed by atoms with van der Waals surface area (Å²) in [7, 11) is 0. The normalized spacial score (nSPS) is 20.5. The number of rotatable bonds is 2. The van der Waals surface area contributed by atoms with Crippen molar-refractivity contribution in [3.8, 4) is 0 Å². The lowest BCUT2D eigenvalue weighted by Gasteiger charge is -2.29. The molecule has 0 aromatic rings. The summed E-state index contributed by atoms with van der Waals surface area (Å²) in [5.74, 6) is 0. The number of hydrogen-bond acceptors (Lipinski definition) is 1. The Morgan fingerprint density at radius 3 is 2.73 bits per heavy atom. The SMILES string of the molecule is CC(C)N1CC=C(CBr)CC1. The lowest BCUT2D eigenvalue weighted by molar-refractivity contribution is 0.239. The summed E-state index contributed by atoms with van der Waals surface area (Å²) >= 11 is 3.48. The van der Waals surface area contributed by atoms with Gasteiger partial charge in [0.25, 0.3) is 0 Å². The van der Waals surface area contributed by atoms with Crippen molar-refractivity contribution in [2.75, 3.05) is 18.4 Å². The van der Waals surface area contributed by atoms with E-state index in [4.69, 9.17) is 0 Å². The Bertz CT molecular complexity index is 152. The van der Waals surface area contributed by atoms with Crippen LogP contribution >= 0.6 is 15.9 Å². The molecule has 64 valence electrons. The monoisotopic (exact) mass is 217 g/mol. The van der Waals surface area contributed by atoms with E-state index in [0.29, 0.717) is 6.04 Å². The molecule has 1 heterocycles. The lowest BCUT2D eigenvalue weighted by atomic mass is 10.1. The molecule has 0 fully saturated rings. The molecule has 1 nitrogen and oxygen atoms in total. The topological polar surface area (TPSA) is 3.24 Å². The van der Waals surface area contributed by atoms with Gasteiger partial charge in [-0.25, -0.2) is 0 Å². The molecule has 0 radical (unpaired) electrons. The van der Waals surface area contributed by atoms with E-state index in [1.54, 1.807) is 5.57 Å². The van der Waals surface area contributed by atoms with Gasteiger partial charge in [-0.15, -0.1) is 0 Å². The quantitative estimate of drug-likeness (QED) is 0.508. The maximum Gasteiger partial charge on any atom is 0.0242 e. The highest BCUT2D eigenvalue weighted by Crippen LogP contribution is 2.14. The van der Waals surface area contributed by atoms with Crippen LogP contribution in [0.4, 0.5) is 0 Å². The van der Waals surface area contributed by atoms with Crippen LogP contribution in [0.1, 0.15) is 20.3 Å². The summed E-state index contributed by atoms with van der Waals surface area (Å²) in [5.41, 5.74) is 1.56. The van der Waals surface area contributed by atoms with Gasteiger partial charge in [0.05, 0.1) is 0 Å². The Balaban J connectivity index is 2.41. The largest absolute Gasteiger partial charge is 0.297 e. The second kappa shape index (κ2) is 4.27. The fraction of sp³-hybridized carbons (Fsp3) is 0.778. The summed E-state index contributed by atoms with van der Waals surface area (Å²) in [6, 6.07) is 0.697. The first-order valence-corrected chi connectivity index (χ1v) is 5.34. The molecule has 11 heavy (non-hydrogen) atoms. The molecule has 0 aliphatic carbocycles. The van der Waals surface area contributed by atoms with Crippen molar-refractivity contribution in [2.24, 2.45) is 0 Å². The Morgan fingerprint density at radius 1 is 1.64 bits per heavy atom. The van der Waals surface area contributed by atoms with E-state index in [0.717, 1.165) is 11.9 Å². The Hall–Kier alpha value is 0.180. The Kier molecular flexibility index (Phi) is 3.60. The number of nitrogens with zero attached hydrogens (tertiary/aromatic N) is 1. The van der Waals surface area contributed by atoms with Crippen LogP contribution < -0.4 is 0 Å². The summed E-state index contributed by atoms with van der Waals surface area (Å²) in [5, 5.41) is 1.05. The van der Waals surface area contributed by atoms with Crippen molar-refractivity contribution >= 4 is 15.9 Å². The van der Waals surface area contributed by atoms with E-state index in [9.17, 15) is 0 Å². The van der Waals surface area contributed by atoms with Crippen molar-refractivity contribution in [1.82, 2.24) is 4.90 Å². The van der Waals surface area contributed by atoms with Crippen molar-refractivity contribution in [1.29, 1.82) is 0 Å². The van der Waals surface area contributed by atoms with Crippen LogP contribution in [0.3, 0.4) is 0 Å². The molecule has 0 N–H and O–H groups in total. The minimum Gasteiger partial charge on any atom is -0.297 e. The highest BCUT2D eigenvalue weighted by atomic mass is 79.9. The van der Waals surface area contributed by atoms with Crippen molar-refractivity contribution in [2.45, 2.75) is 26.3 Å². The van der Waals surface area contributed by atoms with E-state index in [-0.39, 0.29) is 0 Å². The Labute approximate surface area is 77.6 Å². The van der Waals surface area contributed by atoms with Gasteiger partial charge in [-0.05, 0) is 20.3 Å². The second-order valence-electron chi connectivity index (χ2n) is 3.33. The van der Waals surface area contributed by atoms with Crippen LogP contribution in [0.5, 0.6) is 0 Å². The summed E-state index contributed by atoms with van der Waals surface area (Å²) < 4.78 is 0. The van der Waals surface area contributed by atoms with E-state index in [1.165, 1.54) is 13.0 Å². The molecule has 1 aliphatic rings. The molecule has 0 aromatic carbocycles. The maximum absolute atomic E-state index is 3.48. The molecule has 0 bridgehead atoms. The van der Waals surface area contributed by atoms with Gasteiger partial charge < -0.3 is 0 Å². The van der Waals surface area contributed by atoms with Crippen molar-refractivity contribution in [3.63, 3.8) is 0 Å². The van der Waals surface area contributed by atoms with Crippen LogP contribution in [-0.2, 0) is 0 Å². The molecule has 2 heteroatoms. The highest BCUT2D eigenvalue weighted by Gasteiger charge is 2.12. The van der Waals surface area contributed by atoms with Gasteiger partial charge >= 0.3 is 0 Å². The third kappa shape index (κ3) is 2.60. The average molecular weight is 218 g/mol. The smallest absolute Gasteiger partial charge is 0.0242 e. The zero-order valence-corrected chi connectivity index (χ0v) is 8.89. The third-order valence-corrected chi connectivity index (χ3v) is 2.96. The first-order valence-electron chi connectivity index (χ1n) is 4.22. The van der Waals surface area contributed by atoms with Crippen LogP contribution in [0, 0.1) is 0 Å². The fourth-order valence-corrected chi connectivity index (χ4v) is 1.83. The molecular formula is C9H16BrN.